The van der Waals surface area contributed by atoms with Crippen molar-refractivity contribution in [2.75, 3.05) is 24.3 Å². The zero-order valence-corrected chi connectivity index (χ0v) is 15.2. The predicted octanol–water partition coefficient (Wildman–Crippen LogP) is 3.77. The van der Waals surface area contributed by atoms with Crippen LogP contribution >= 0.6 is 11.8 Å². The molecule has 0 saturated heterocycles. The Morgan fingerprint density at radius 1 is 1.12 bits per heavy atom. The molecule has 26 heavy (non-hydrogen) atoms. The Labute approximate surface area is 156 Å². The summed E-state index contributed by atoms with van der Waals surface area (Å²) in [5, 5.41) is 4.02. The number of hydrogen-bond acceptors (Lipinski definition) is 7. The van der Waals surface area contributed by atoms with Crippen molar-refractivity contribution in [3.63, 3.8) is 0 Å². The molecule has 0 radical (unpaired) electrons. The maximum atomic E-state index is 5.69. The van der Waals surface area contributed by atoms with Crippen LogP contribution in [0.5, 0.6) is 11.5 Å². The highest BCUT2D eigenvalue weighted by Crippen LogP contribution is 2.34. The lowest BCUT2D eigenvalue weighted by atomic mass is 10.2. The van der Waals surface area contributed by atoms with Crippen molar-refractivity contribution in [3.8, 4) is 11.5 Å². The maximum absolute atomic E-state index is 5.69. The molecule has 6 nitrogen and oxygen atoms in total. The number of thioether (sulfide) groups is 1. The maximum Gasteiger partial charge on any atom is 0.246 e. The number of benzene rings is 2. The van der Waals surface area contributed by atoms with E-state index in [4.69, 9.17) is 14.0 Å². The van der Waals surface area contributed by atoms with Crippen molar-refractivity contribution in [2.24, 2.45) is 0 Å². The number of para-hydroxylation sites is 1. The molecule has 0 N–H and O–H groups in total. The molecule has 3 aromatic rings. The van der Waals surface area contributed by atoms with Crippen molar-refractivity contribution in [2.45, 2.75) is 18.0 Å². The van der Waals surface area contributed by atoms with Gasteiger partial charge in [-0.15, -0.1) is 11.8 Å². The van der Waals surface area contributed by atoms with E-state index >= 15 is 0 Å². The second-order valence-corrected chi connectivity index (χ2v) is 6.94. The van der Waals surface area contributed by atoms with Crippen LogP contribution in [0.4, 0.5) is 5.69 Å². The van der Waals surface area contributed by atoms with Crippen LogP contribution in [0.3, 0.4) is 0 Å². The van der Waals surface area contributed by atoms with E-state index in [9.17, 15) is 0 Å². The molecule has 2 heterocycles. The summed E-state index contributed by atoms with van der Waals surface area (Å²) in [5.41, 5.74) is 1.22. The normalized spacial score (nSPS) is 13.3. The smallest absolute Gasteiger partial charge is 0.246 e. The van der Waals surface area contributed by atoms with Crippen molar-refractivity contribution in [1.29, 1.82) is 0 Å². The van der Waals surface area contributed by atoms with E-state index < -0.39 is 0 Å². The molecule has 0 saturated carbocycles. The lowest BCUT2D eigenvalue weighted by molar-refractivity contribution is 0.284. The molecule has 1 aromatic heterocycles. The van der Waals surface area contributed by atoms with Crippen LogP contribution in [0.1, 0.15) is 11.7 Å². The highest BCUT2D eigenvalue weighted by atomic mass is 32.2. The molecule has 0 spiro atoms. The molecule has 0 amide bonds. The first-order valence-electron chi connectivity index (χ1n) is 8.37. The van der Waals surface area contributed by atoms with E-state index in [1.54, 1.807) is 7.11 Å². The highest BCUT2D eigenvalue weighted by molar-refractivity contribution is 7.99. The number of anilines is 1. The number of fused-ring (bicyclic) bond motifs is 1. The van der Waals surface area contributed by atoms with Gasteiger partial charge in [-0.25, -0.2) is 0 Å². The molecule has 0 fully saturated rings. The first-order chi connectivity index (χ1) is 12.8. The van der Waals surface area contributed by atoms with E-state index in [1.807, 2.05) is 36.0 Å². The Balaban J connectivity index is 1.37. The summed E-state index contributed by atoms with van der Waals surface area (Å²) in [5.74, 6) is 3.72. The van der Waals surface area contributed by atoms with Crippen molar-refractivity contribution >= 4 is 17.4 Å². The quantitative estimate of drug-likeness (QED) is 0.655. The Kier molecular flexibility index (Phi) is 4.97. The van der Waals surface area contributed by atoms with Crippen molar-refractivity contribution in [1.82, 2.24) is 10.1 Å². The average Bonchev–Trinajstić information content (AvgIpc) is 3.14. The Hall–Kier alpha value is -2.67. The van der Waals surface area contributed by atoms with Crippen LogP contribution in [0.25, 0.3) is 0 Å². The number of nitrogens with zero attached hydrogens (tertiary/aromatic N) is 3. The molecular formula is C19H19N3O3S. The van der Waals surface area contributed by atoms with E-state index in [2.05, 4.69) is 39.3 Å². The summed E-state index contributed by atoms with van der Waals surface area (Å²) < 4.78 is 16.2. The predicted molar refractivity (Wildman–Crippen MR) is 99.8 cm³/mol. The summed E-state index contributed by atoms with van der Waals surface area (Å²) in [6, 6.07) is 15.8. The summed E-state index contributed by atoms with van der Waals surface area (Å²) in [4.78, 5) is 8.01. The van der Waals surface area contributed by atoms with Gasteiger partial charge in [-0.3, -0.25) is 0 Å². The van der Waals surface area contributed by atoms with Gasteiger partial charge in [0.25, 0.3) is 0 Å². The van der Waals surface area contributed by atoms with E-state index in [-0.39, 0.29) is 6.61 Å². The van der Waals surface area contributed by atoms with E-state index in [0.717, 1.165) is 23.8 Å². The molecule has 1 aliphatic heterocycles. The lowest BCUT2D eigenvalue weighted by Gasteiger charge is -2.29. The standard InChI is InChI=1S/C19H19N3O3S/c1-23-14-6-8-15(9-7-14)24-13-18-20-19(25-21-18)12-22-10-11-26-17-5-3-2-4-16(17)22/h2-9H,10-13H2,1H3. The van der Waals surface area contributed by atoms with Gasteiger partial charge in [0.15, 0.2) is 6.61 Å². The number of methoxy groups -OCH3 is 1. The SMILES string of the molecule is COc1ccc(OCc2noc(CN3CCSc4ccccc43)n2)cc1. The average molecular weight is 369 g/mol. The van der Waals surface area contributed by atoms with Gasteiger partial charge in [0.05, 0.1) is 19.3 Å². The lowest BCUT2D eigenvalue weighted by Crippen LogP contribution is -2.28. The zero-order valence-electron chi connectivity index (χ0n) is 14.4. The van der Waals surface area contributed by atoms with Crippen molar-refractivity contribution in [3.05, 3.63) is 60.2 Å². The minimum absolute atomic E-state index is 0.266. The van der Waals surface area contributed by atoms with Gasteiger partial charge in [-0.2, -0.15) is 4.98 Å². The Morgan fingerprint density at radius 3 is 2.77 bits per heavy atom. The molecule has 1 aliphatic rings. The molecule has 0 atom stereocenters. The first-order valence-corrected chi connectivity index (χ1v) is 9.35. The van der Waals surface area contributed by atoms with Crippen LogP contribution in [-0.2, 0) is 13.2 Å². The van der Waals surface area contributed by atoms with Crippen LogP contribution in [0.15, 0.2) is 57.9 Å². The summed E-state index contributed by atoms with van der Waals surface area (Å²) in [7, 11) is 1.64. The fraction of sp³-hybridized carbons (Fsp3) is 0.263. The minimum atomic E-state index is 0.266. The first kappa shape index (κ1) is 16.8. The van der Waals surface area contributed by atoms with E-state index in [0.29, 0.717) is 18.3 Å². The molecule has 134 valence electrons. The van der Waals surface area contributed by atoms with Gasteiger partial charge in [0.1, 0.15) is 11.5 Å². The van der Waals surface area contributed by atoms with E-state index in [1.165, 1.54) is 10.6 Å². The van der Waals surface area contributed by atoms with Crippen LogP contribution < -0.4 is 14.4 Å². The van der Waals surface area contributed by atoms with Crippen LogP contribution in [0.2, 0.25) is 0 Å². The number of rotatable bonds is 6. The molecule has 0 unspecified atom stereocenters. The summed E-state index contributed by atoms with van der Waals surface area (Å²) >= 11 is 1.88. The van der Waals surface area contributed by atoms with Gasteiger partial charge in [-0.05, 0) is 36.4 Å². The molecule has 0 bridgehead atoms. The van der Waals surface area contributed by atoms with Gasteiger partial charge in [0, 0.05) is 17.2 Å². The topological polar surface area (TPSA) is 60.6 Å². The fourth-order valence-corrected chi connectivity index (χ4v) is 3.84. The minimum Gasteiger partial charge on any atom is -0.497 e. The van der Waals surface area contributed by atoms with Gasteiger partial charge in [0.2, 0.25) is 11.7 Å². The second kappa shape index (κ2) is 7.70. The molecule has 2 aromatic carbocycles. The number of aromatic nitrogens is 2. The molecule has 0 aliphatic carbocycles. The van der Waals surface area contributed by atoms with Crippen molar-refractivity contribution < 1.29 is 14.0 Å². The Bertz CT molecular complexity index is 866. The molecule has 4 rings (SSSR count). The van der Waals surface area contributed by atoms with Gasteiger partial charge < -0.3 is 18.9 Å². The zero-order chi connectivity index (χ0) is 17.8. The fourth-order valence-electron chi connectivity index (χ4n) is 2.79. The third-order valence-corrected chi connectivity index (χ3v) is 5.13. The third-order valence-electron chi connectivity index (χ3n) is 4.09. The molecule has 7 heteroatoms. The van der Waals surface area contributed by atoms with Gasteiger partial charge >= 0.3 is 0 Å². The van der Waals surface area contributed by atoms with Gasteiger partial charge in [-0.1, -0.05) is 17.3 Å². The summed E-state index contributed by atoms with van der Waals surface area (Å²) in [6.07, 6.45) is 0. The monoisotopic (exact) mass is 369 g/mol. The largest absolute Gasteiger partial charge is 0.497 e. The summed E-state index contributed by atoms with van der Waals surface area (Å²) in [6.45, 7) is 1.83. The molecular weight excluding hydrogens is 350 g/mol. The van der Waals surface area contributed by atoms with Crippen LogP contribution in [0, 0.1) is 0 Å². The highest BCUT2D eigenvalue weighted by Gasteiger charge is 2.19. The van der Waals surface area contributed by atoms with Crippen LogP contribution in [-0.4, -0.2) is 29.5 Å². The number of hydrogen-bond donors (Lipinski definition) is 0. The number of ether oxygens (including phenoxy) is 2. The Morgan fingerprint density at radius 2 is 1.92 bits per heavy atom. The third kappa shape index (κ3) is 3.77. The second-order valence-electron chi connectivity index (χ2n) is 5.81.